The lowest BCUT2D eigenvalue weighted by molar-refractivity contribution is 0.299. The maximum absolute atomic E-state index is 11.5. The monoisotopic (exact) mass is 510 g/mol. The Hall–Kier alpha value is -3.83. The molecule has 4 aromatic rings. The summed E-state index contributed by atoms with van der Waals surface area (Å²) in [4.78, 5) is 8.63. The number of nitrogens with two attached hydrogens (primary N) is 1. The summed E-state index contributed by atoms with van der Waals surface area (Å²) >= 11 is 0. The molecule has 0 aliphatic rings. The number of anilines is 3. The number of nitrogens with one attached hydrogen (secondary N) is 1. The van der Waals surface area contributed by atoms with Gasteiger partial charge in [-0.05, 0) is 36.2 Å². The number of nitrogen functional groups attached to an aromatic ring is 1. The zero-order valence-electron chi connectivity index (χ0n) is 20.6. The summed E-state index contributed by atoms with van der Waals surface area (Å²) in [5.41, 5.74) is 7.99. The van der Waals surface area contributed by atoms with E-state index in [2.05, 4.69) is 25.5 Å². The normalized spacial score (nSPS) is 11.5. The highest BCUT2D eigenvalue weighted by molar-refractivity contribution is 7.90. The number of aliphatic hydroxyl groups is 1. The second-order valence-corrected chi connectivity index (χ2v) is 11.1. The number of hydrogen-bond donors (Lipinski definition) is 3. The van der Waals surface area contributed by atoms with E-state index in [-0.39, 0.29) is 34.6 Å². The van der Waals surface area contributed by atoms with Crippen molar-refractivity contribution in [3.63, 3.8) is 0 Å². The first kappa shape index (κ1) is 26.8. The van der Waals surface area contributed by atoms with Crippen molar-refractivity contribution in [3.8, 4) is 11.5 Å². The lowest BCUT2D eigenvalue weighted by Gasteiger charge is -2.11. The van der Waals surface area contributed by atoms with E-state index in [0.717, 1.165) is 12.7 Å². The standard InChI is InChI=1S/C17H20N6O3S.C8H10O/c1-17(2,3)15-23-22-14(26-15)12-9-19-16(21-13(12)18)20-10-5-7-11(8-6-10)27(4,24)25;9-7-6-8-4-2-1-3-5-8/h5-9H,1-4H3,(H3,18,19,20,21);1-5,9H,6-7H2. The molecule has 0 bridgehead atoms. The van der Waals surface area contributed by atoms with Gasteiger partial charge < -0.3 is 20.6 Å². The van der Waals surface area contributed by atoms with Crippen LogP contribution in [0.25, 0.3) is 11.5 Å². The molecule has 0 fully saturated rings. The van der Waals surface area contributed by atoms with Crippen LogP contribution in [0.1, 0.15) is 32.2 Å². The highest BCUT2D eigenvalue weighted by atomic mass is 32.2. The van der Waals surface area contributed by atoms with Gasteiger partial charge in [0.25, 0.3) is 5.89 Å². The first-order valence-corrected chi connectivity index (χ1v) is 13.1. The molecular weight excluding hydrogens is 480 g/mol. The minimum Gasteiger partial charge on any atom is -0.420 e. The first-order valence-electron chi connectivity index (χ1n) is 11.2. The third kappa shape index (κ3) is 7.33. The van der Waals surface area contributed by atoms with Gasteiger partial charge in [-0.15, -0.1) is 10.2 Å². The van der Waals surface area contributed by atoms with Crippen molar-refractivity contribution in [2.75, 3.05) is 23.9 Å². The topological polar surface area (TPSA) is 157 Å². The van der Waals surface area contributed by atoms with Crippen molar-refractivity contribution in [3.05, 3.63) is 72.2 Å². The van der Waals surface area contributed by atoms with E-state index in [1.807, 2.05) is 51.1 Å². The minimum atomic E-state index is -3.25. The molecule has 0 spiro atoms. The number of benzene rings is 2. The number of nitrogens with zero attached hydrogens (tertiary/aromatic N) is 4. The van der Waals surface area contributed by atoms with E-state index in [1.165, 1.54) is 23.9 Å². The molecule has 0 amide bonds. The minimum absolute atomic E-state index is 0.185. The van der Waals surface area contributed by atoms with Crippen LogP contribution < -0.4 is 11.1 Å². The number of hydrogen-bond acceptors (Lipinski definition) is 10. The van der Waals surface area contributed by atoms with E-state index >= 15 is 0 Å². The van der Waals surface area contributed by atoms with Crippen LogP contribution in [-0.2, 0) is 21.7 Å². The molecule has 0 saturated heterocycles. The Kier molecular flexibility index (Phi) is 8.38. The Morgan fingerprint density at radius 2 is 1.69 bits per heavy atom. The van der Waals surface area contributed by atoms with Crippen LogP contribution in [0.15, 0.2) is 70.1 Å². The summed E-state index contributed by atoms with van der Waals surface area (Å²) in [6.07, 6.45) is 3.41. The van der Waals surface area contributed by atoms with Crippen LogP contribution in [0.4, 0.5) is 17.5 Å². The molecule has 0 saturated carbocycles. The molecule has 0 atom stereocenters. The molecule has 0 radical (unpaired) electrons. The zero-order chi connectivity index (χ0) is 26.3. The summed E-state index contributed by atoms with van der Waals surface area (Å²) in [7, 11) is -3.25. The van der Waals surface area contributed by atoms with Crippen LogP contribution >= 0.6 is 0 Å². The van der Waals surface area contributed by atoms with Crippen LogP contribution in [0.3, 0.4) is 0 Å². The molecule has 11 heteroatoms. The maximum Gasteiger partial charge on any atom is 0.253 e. The summed E-state index contributed by atoms with van der Waals surface area (Å²) < 4.78 is 28.7. The van der Waals surface area contributed by atoms with E-state index in [9.17, 15) is 8.42 Å². The Labute approximate surface area is 210 Å². The van der Waals surface area contributed by atoms with Crippen molar-refractivity contribution in [2.24, 2.45) is 0 Å². The largest absolute Gasteiger partial charge is 0.420 e. The summed E-state index contributed by atoms with van der Waals surface area (Å²) in [5.74, 6) is 1.19. The predicted octanol–water partition coefficient (Wildman–Crippen LogP) is 3.77. The van der Waals surface area contributed by atoms with Gasteiger partial charge in [0.15, 0.2) is 9.84 Å². The fraction of sp³-hybridized carbons (Fsp3) is 0.280. The number of sulfone groups is 1. The van der Waals surface area contributed by atoms with Crippen molar-refractivity contribution in [2.45, 2.75) is 37.5 Å². The SMILES string of the molecule is CC(C)(C)c1nnc(-c2cnc(Nc3ccc(S(C)(=O)=O)cc3)nc2N)o1.OCCc1ccccc1. The zero-order valence-corrected chi connectivity index (χ0v) is 21.5. The van der Waals surface area contributed by atoms with Crippen molar-refractivity contribution < 1.29 is 17.9 Å². The molecular formula is C25H30N6O4S. The van der Waals surface area contributed by atoms with Crippen molar-refractivity contribution >= 4 is 27.3 Å². The van der Waals surface area contributed by atoms with Crippen LogP contribution in [0.2, 0.25) is 0 Å². The lowest BCUT2D eigenvalue weighted by Crippen LogP contribution is -2.11. The third-order valence-corrected chi connectivity index (χ3v) is 6.03. The molecule has 0 unspecified atom stereocenters. The molecule has 2 heterocycles. The van der Waals surface area contributed by atoms with Gasteiger partial charge in [-0.25, -0.2) is 13.4 Å². The van der Waals surface area contributed by atoms with Gasteiger partial charge in [0.05, 0.1) is 10.5 Å². The summed E-state index contributed by atoms with van der Waals surface area (Å²) in [6, 6.07) is 16.2. The molecule has 190 valence electrons. The Morgan fingerprint density at radius 1 is 1.03 bits per heavy atom. The second kappa shape index (κ2) is 11.3. The molecule has 2 aromatic heterocycles. The Balaban J connectivity index is 0.000000338. The van der Waals surface area contributed by atoms with Crippen LogP contribution in [-0.4, -0.2) is 46.6 Å². The lowest BCUT2D eigenvalue weighted by atomic mass is 9.97. The maximum atomic E-state index is 11.5. The number of rotatable bonds is 6. The third-order valence-electron chi connectivity index (χ3n) is 4.90. The average molecular weight is 511 g/mol. The highest BCUT2D eigenvalue weighted by Gasteiger charge is 2.23. The van der Waals surface area contributed by atoms with Gasteiger partial charge in [0.2, 0.25) is 11.8 Å². The molecule has 4 N–H and O–H groups in total. The first-order chi connectivity index (χ1) is 17.0. The number of aromatic nitrogens is 4. The molecule has 2 aromatic carbocycles. The van der Waals surface area contributed by atoms with E-state index in [4.69, 9.17) is 15.3 Å². The van der Waals surface area contributed by atoms with Crippen LogP contribution in [0.5, 0.6) is 0 Å². The van der Waals surface area contributed by atoms with E-state index in [0.29, 0.717) is 17.1 Å². The van der Waals surface area contributed by atoms with E-state index < -0.39 is 9.84 Å². The van der Waals surface area contributed by atoms with Gasteiger partial charge in [-0.3, -0.25) is 0 Å². The molecule has 0 aliphatic heterocycles. The quantitative estimate of drug-likeness (QED) is 0.349. The molecule has 10 nitrogen and oxygen atoms in total. The van der Waals surface area contributed by atoms with Gasteiger partial charge >= 0.3 is 0 Å². The van der Waals surface area contributed by atoms with Gasteiger partial charge in [-0.1, -0.05) is 51.1 Å². The van der Waals surface area contributed by atoms with Gasteiger partial charge in [0, 0.05) is 30.2 Å². The van der Waals surface area contributed by atoms with Crippen molar-refractivity contribution in [1.29, 1.82) is 0 Å². The van der Waals surface area contributed by atoms with Gasteiger partial charge in [-0.2, -0.15) is 4.98 Å². The smallest absolute Gasteiger partial charge is 0.253 e. The molecule has 0 aliphatic carbocycles. The summed E-state index contributed by atoms with van der Waals surface area (Å²) in [6.45, 7) is 6.13. The Morgan fingerprint density at radius 3 is 2.22 bits per heavy atom. The summed E-state index contributed by atoms with van der Waals surface area (Å²) in [5, 5.41) is 19.5. The fourth-order valence-electron chi connectivity index (χ4n) is 2.94. The van der Waals surface area contributed by atoms with Gasteiger partial charge in [0.1, 0.15) is 5.82 Å². The van der Waals surface area contributed by atoms with E-state index in [1.54, 1.807) is 12.1 Å². The number of aliphatic hydroxyl groups excluding tert-OH is 1. The van der Waals surface area contributed by atoms with Crippen molar-refractivity contribution in [1.82, 2.24) is 20.2 Å². The Bertz CT molecular complexity index is 1380. The molecule has 4 rings (SSSR count). The second-order valence-electron chi connectivity index (χ2n) is 9.04. The average Bonchev–Trinajstić information content (AvgIpc) is 3.31. The van der Waals surface area contributed by atoms with Crippen LogP contribution in [0, 0.1) is 0 Å². The highest BCUT2D eigenvalue weighted by Crippen LogP contribution is 2.28. The fourth-order valence-corrected chi connectivity index (χ4v) is 3.57. The predicted molar refractivity (Wildman–Crippen MR) is 139 cm³/mol. The molecule has 36 heavy (non-hydrogen) atoms.